The van der Waals surface area contributed by atoms with Crippen LogP contribution in [0, 0.1) is 6.92 Å². The summed E-state index contributed by atoms with van der Waals surface area (Å²) in [6.07, 6.45) is 3.19. The van der Waals surface area contributed by atoms with Crippen LogP contribution in [-0.2, 0) is 5.41 Å². The highest BCUT2D eigenvalue weighted by Crippen LogP contribution is 2.29. The molecule has 2 aromatic rings. The number of ketones is 1. The Kier molecular flexibility index (Phi) is 4.80. The number of hydrogen-bond donors (Lipinski definition) is 1. The van der Waals surface area contributed by atoms with E-state index in [0.717, 1.165) is 16.3 Å². The summed E-state index contributed by atoms with van der Waals surface area (Å²) in [5.41, 5.74) is 1.67. The molecule has 0 unspecified atom stereocenters. The monoisotopic (exact) mass is 329 g/mol. The minimum Gasteiger partial charge on any atom is -0.478 e. The third-order valence-electron chi connectivity index (χ3n) is 3.25. The quantitative estimate of drug-likeness (QED) is 0.669. The number of carbonyl (C=O) groups is 2. The van der Waals surface area contributed by atoms with Crippen LogP contribution in [0.25, 0.3) is 6.08 Å². The molecule has 0 fully saturated rings. The fourth-order valence-corrected chi connectivity index (χ4v) is 2.97. The molecule has 0 atom stereocenters. The highest BCUT2D eigenvalue weighted by Gasteiger charge is 2.22. The fraction of sp³-hybridized carbons (Fsp3) is 0.278. The van der Waals surface area contributed by atoms with Crippen LogP contribution in [0.5, 0.6) is 0 Å². The Balaban J connectivity index is 2.18. The molecule has 0 amide bonds. The summed E-state index contributed by atoms with van der Waals surface area (Å²) < 4.78 is 0. The van der Waals surface area contributed by atoms with E-state index in [-0.39, 0.29) is 16.8 Å². The first-order valence-electron chi connectivity index (χ1n) is 7.22. The molecular weight excluding hydrogens is 310 g/mol. The molecule has 0 bridgehead atoms. The van der Waals surface area contributed by atoms with Crippen molar-refractivity contribution < 1.29 is 14.7 Å². The fourth-order valence-electron chi connectivity index (χ4n) is 1.93. The summed E-state index contributed by atoms with van der Waals surface area (Å²) in [7, 11) is 0. The number of allylic oxidation sites excluding steroid dienone is 1. The number of carboxylic acid groups (broad SMARTS) is 1. The number of carboxylic acids is 1. The maximum Gasteiger partial charge on any atom is 0.335 e. The Morgan fingerprint density at radius 3 is 2.26 bits per heavy atom. The summed E-state index contributed by atoms with van der Waals surface area (Å²) in [6.45, 7) is 8.05. The van der Waals surface area contributed by atoms with Crippen LogP contribution < -0.4 is 0 Å². The normalized spacial score (nSPS) is 11.8. The van der Waals surface area contributed by atoms with E-state index >= 15 is 0 Å². The van der Waals surface area contributed by atoms with Crippen LogP contribution in [0.1, 0.15) is 57.1 Å². The van der Waals surface area contributed by atoms with E-state index in [1.165, 1.54) is 29.5 Å². The molecule has 0 aliphatic rings. The second kappa shape index (κ2) is 6.46. The van der Waals surface area contributed by atoms with Gasteiger partial charge in [0, 0.05) is 5.41 Å². The lowest BCUT2D eigenvalue weighted by Gasteiger charge is -2.13. The molecule has 0 spiro atoms. The van der Waals surface area contributed by atoms with Crippen LogP contribution in [0.2, 0.25) is 0 Å². The molecule has 0 saturated carbocycles. The summed E-state index contributed by atoms with van der Waals surface area (Å²) in [6, 6.07) is 6.38. The molecule has 5 heteroatoms. The van der Waals surface area contributed by atoms with Gasteiger partial charge in [0.25, 0.3) is 0 Å². The van der Waals surface area contributed by atoms with Gasteiger partial charge in [0.2, 0.25) is 0 Å². The van der Waals surface area contributed by atoms with Gasteiger partial charge in [0.05, 0.1) is 21.1 Å². The van der Waals surface area contributed by atoms with E-state index in [1.807, 2.05) is 6.92 Å². The third-order valence-corrected chi connectivity index (χ3v) is 4.84. The first kappa shape index (κ1) is 17.1. The SMILES string of the molecule is Cc1nc(C(C)(C)C)sc1C(=O)/C=C/c1ccc(C(=O)O)cc1. The van der Waals surface area contributed by atoms with Gasteiger partial charge in [-0.3, -0.25) is 4.79 Å². The molecule has 1 N–H and O–H groups in total. The largest absolute Gasteiger partial charge is 0.478 e. The van der Waals surface area contributed by atoms with E-state index in [4.69, 9.17) is 5.11 Å². The van der Waals surface area contributed by atoms with Crippen molar-refractivity contribution in [2.45, 2.75) is 33.1 Å². The molecule has 1 aromatic carbocycles. The number of aromatic nitrogens is 1. The predicted octanol–water partition coefficient (Wildman–Crippen LogP) is 4.34. The Morgan fingerprint density at radius 1 is 1.17 bits per heavy atom. The minimum atomic E-state index is -0.966. The molecule has 2 rings (SSSR count). The average molecular weight is 329 g/mol. The number of benzene rings is 1. The van der Waals surface area contributed by atoms with Gasteiger partial charge in [-0.05, 0) is 30.7 Å². The Hall–Kier alpha value is -2.27. The van der Waals surface area contributed by atoms with Crippen molar-refractivity contribution in [3.05, 3.63) is 57.0 Å². The topological polar surface area (TPSA) is 67.3 Å². The molecular formula is C18H19NO3S. The molecule has 0 radical (unpaired) electrons. The average Bonchev–Trinajstić information content (AvgIpc) is 2.87. The van der Waals surface area contributed by atoms with E-state index in [9.17, 15) is 9.59 Å². The zero-order valence-corrected chi connectivity index (χ0v) is 14.4. The Morgan fingerprint density at radius 2 is 1.78 bits per heavy atom. The number of rotatable bonds is 4. The van der Waals surface area contributed by atoms with E-state index in [0.29, 0.717) is 4.88 Å². The molecule has 120 valence electrons. The first-order chi connectivity index (χ1) is 10.7. The van der Waals surface area contributed by atoms with Crippen molar-refractivity contribution >= 4 is 29.2 Å². The first-order valence-corrected chi connectivity index (χ1v) is 8.04. The van der Waals surface area contributed by atoms with Gasteiger partial charge < -0.3 is 5.11 Å². The molecule has 4 nitrogen and oxygen atoms in total. The van der Waals surface area contributed by atoms with Crippen molar-refractivity contribution in [3.63, 3.8) is 0 Å². The lowest BCUT2D eigenvalue weighted by atomic mass is 9.98. The number of thiazole rings is 1. The van der Waals surface area contributed by atoms with Crippen LogP contribution in [0.3, 0.4) is 0 Å². The van der Waals surface area contributed by atoms with Gasteiger partial charge in [-0.25, -0.2) is 9.78 Å². The van der Waals surface area contributed by atoms with Crippen LogP contribution in [0.4, 0.5) is 0 Å². The van der Waals surface area contributed by atoms with Crippen molar-refractivity contribution in [2.24, 2.45) is 0 Å². The second-order valence-electron chi connectivity index (χ2n) is 6.31. The van der Waals surface area contributed by atoms with Crippen LogP contribution in [-0.4, -0.2) is 21.8 Å². The van der Waals surface area contributed by atoms with Crippen LogP contribution in [0.15, 0.2) is 30.3 Å². The van der Waals surface area contributed by atoms with Crippen molar-refractivity contribution in [2.75, 3.05) is 0 Å². The summed E-state index contributed by atoms with van der Waals surface area (Å²) in [5, 5.41) is 9.81. The van der Waals surface area contributed by atoms with E-state index < -0.39 is 5.97 Å². The Bertz CT molecular complexity index is 765. The van der Waals surface area contributed by atoms with Crippen molar-refractivity contribution in [1.82, 2.24) is 4.98 Å². The van der Waals surface area contributed by atoms with Gasteiger partial charge in [-0.2, -0.15) is 0 Å². The highest BCUT2D eigenvalue weighted by molar-refractivity contribution is 7.14. The number of aromatic carboxylic acids is 1. The Labute approximate surface area is 139 Å². The lowest BCUT2D eigenvalue weighted by molar-refractivity contribution is 0.0696. The number of aryl methyl sites for hydroxylation is 1. The maximum absolute atomic E-state index is 12.3. The van der Waals surface area contributed by atoms with Crippen molar-refractivity contribution in [1.29, 1.82) is 0 Å². The molecule has 23 heavy (non-hydrogen) atoms. The zero-order valence-electron chi connectivity index (χ0n) is 13.6. The van der Waals surface area contributed by atoms with E-state index in [1.54, 1.807) is 18.2 Å². The zero-order chi connectivity index (χ0) is 17.2. The molecule has 0 saturated heterocycles. The summed E-state index contributed by atoms with van der Waals surface area (Å²) in [5.74, 6) is -1.05. The van der Waals surface area contributed by atoms with Crippen molar-refractivity contribution in [3.8, 4) is 0 Å². The van der Waals surface area contributed by atoms with Crippen LogP contribution >= 0.6 is 11.3 Å². The predicted molar refractivity (Wildman–Crippen MR) is 92.3 cm³/mol. The second-order valence-corrected chi connectivity index (χ2v) is 7.31. The molecule has 1 heterocycles. The summed E-state index contributed by atoms with van der Waals surface area (Å²) >= 11 is 1.43. The molecule has 0 aliphatic carbocycles. The highest BCUT2D eigenvalue weighted by atomic mass is 32.1. The number of carbonyl (C=O) groups excluding carboxylic acids is 1. The smallest absolute Gasteiger partial charge is 0.335 e. The van der Waals surface area contributed by atoms with Gasteiger partial charge in [0.15, 0.2) is 5.78 Å². The summed E-state index contributed by atoms with van der Waals surface area (Å²) in [4.78, 5) is 28.3. The maximum atomic E-state index is 12.3. The third kappa shape index (κ3) is 4.13. The number of nitrogens with zero attached hydrogens (tertiary/aromatic N) is 1. The molecule has 0 aliphatic heterocycles. The minimum absolute atomic E-state index is 0.0790. The molecule has 1 aromatic heterocycles. The standard InChI is InChI=1S/C18H19NO3S/c1-11-15(23-17(19-11)18(2,3)4)14(20)10-7-12-5-8-13(9-6-12)16(21)22/h5-10H,1-4H3,(H,21,22)/b10-7+. The van der Waals surface area contributed by atoms with Gasteiger partial charge in [0.1, 0.15) is 0 Å². The lowest BCUT2D eigenvalue weighted by Crippen LogP contribution is -2.10. The van der Waals surface area contributed by atoms with Gasteiger partial charge in [-0.15, -0.1) is 11.3 Å². The van der Waals surface area contributed by atoms with E-state index in [2.05, 4.69) is 25.8 Å². The number of hydrogen-bond acceptors (Lipinski definition) is 4. The van der Waals surface area contributed by atoms with Gasteiger partial charge >= 0.3 is 5.97 Å². The van der Waals surface area contributed by atoms with Gasteiger partial charge in [-0.1, -0.05) is 39.0 Å².